The van der Waals surface area contributed by atoms with Crippen LogP contribution in [0.4, 0.5) is 0 Å². The van der Waals surface area contributed by atoms with E-state index < -0.39 is 0 Å². The number of nitrogens with one attached hydrogen (secondary N) is 1. The zero-order chi connectivity index (χ0) is 19.9. The highest BCUT2D eigenvalue weighted by atomic mass is 79.9. The molecule has 2 heterocycles. The summed E-state index contributed by atoms with van der Waals surface area (Å²) < 4.78 is 11.7. The van der Waals surface area contributed by atoms with Gasteiger partial charge < -0.3 is 24.3 Å². The molecule has 1 fully saturated rings. The van der Waals surface area contributed by atoms with Gasteiger partial charge in [-0.25, -0.2) is 4.99 Å². The summed E-state index contributed by atoms with van der Waals surface area (Å²) in [7, 11) is 1.66. The number of methoxy groups -OCH3 is 1. The second-order valence-corrected chi connectivity index (χ2v) is 7.30. The molecule has 7 nitrogen and oxygen atoms in total. The maximum atomic E-state index is 12.4. The molecule has 1 saturated heterocycles. The van der Waals surface area contributed by atoms with E-state index in [4.69, 9.17) is 14.1 Å². The lowest BCUT2D eigenvalue weighted by Crippen LogP contribution is -2.53. The van der Waals surface area contributed by atoms with E-state index in [2.05, 4.69) is 26.1 Å². The van der Waals surface area contributed by atoms with Gasteiger partial charge >= 0.3 is 0 Å². The van der Waals surface area contributed by atoms with E-state index in [-0.39, 0.29) is 5.91 Å². The molecule has 0 radical (unpaired) electrons. The van der Waals surface area contributed by atoms with Gasteiger partial charge in [-0.1, -0.05) is 15.9 Å². The molecule has 0 saturated carbocycles. The Balaban J connectivity index is 1.65. The fourth-order valence-corrected chi connectivity index (χ4v) is 3.54. The van der Waals surface area contributed by atoms with Crippen LogP contribution in [0.5, 0.6) is 5.75 Å². The van der Waals surface area contributed by atoms with Crippen molar-refractivity contribution < 1.29 is 13.9 Å². The molecule has 3 rings (SSSR count). The van der Waals surface area contributed by atoms with E-state index in [9.17, 15) is 4.79 Å². The van der Waals surface area contributed by atoms with Crippen LogP contribution < -0.4 is 10.1 Å². The molecule has 0 atom stereocenters. The fourth-order valence-electron chi connectivity index (χ4n) is 3.13. The molecule has 0 spiro atoms. The number of aliphatic imine (C=N–C) groups is 1. The molecule has 150 valence electrons. The van der Waals surface area contributed by atoms with E-state index in [0.29, 0.717) is 38.5 Å². The van der Waals surface area contributed by atoms with Crippen molar-refractivity contribution in [1.29, 1.82) is 0 Å². The summed E-state index contributed by atoms with van der Waals surface area (Å²) in [5.74, 6) is 1.98. The first-order valence-corrected chi connectivity index (χ1v) is 10.1. The molecule has 1 aliphatic rings. The van der Waals surface area contributed by atoms with Crippen LogP contribution in [-0.4, -0.2) is 61.5 Å². The smallest absolute Gasteiger partial charge is 0.289 e. The number of carbonyl (C=O) groups is 1. The zero-order valence-electron chi connectivity index (χ0n) is 16.2. The lowest BCUT2D eigenvalue weighted by Gasteiger charge is -2.36. The summed E-state index contributed by atoms with van der Waals surface area (Å²) in [4.78, 5) is 21.2. The summed E-state index contributed by atoms with van der Waals surface area (Å²) in [6.07, 6.45) is 1.52. The maximum Gasteiger partial charge on any atom is 0.289 e. The summed E-state index contributed by atoms with van der Waals surface area (Å²) in [5, 5.41) is 3.35. The van der Waals surface area contributed by atoms with Gasteiger partial charge in [-0.15, -0.1) is 0 Å². The minimum absolute atomic E-state index is 0.0644. The van der Waals surface area contributed by atoms with Gasteiger partial charge in [0.05, 0.1) is 19.9 Å². The van der Waals surface area contributed by atoms with Gasteiger partial charge in [0.1, 0.15) is 5.75 Å². The molecule has 1 aliphatic heterocycles. The van der Waals surface area contributed by atoms with Crippen LogP contribution in [0, 0.1) is 0 Å². The number of guanidine groups is 1. The number of rotatable bonds is 5. The minimum atomic E-state index is -0.0644. The number of carbonyl (C=O) groups excluding carboxylic acids is 1. The summed E-state index contributed by atoms with van der Waals surface area (Å²) >= 11 is 3.50. The lowest BCUT2D eigenvalue weighted by atomic mass is 10.2. The number of halogens is 1. The molecular formula is C20H25BrN4O3. The Hall–Kier alpha value is -2.48. The first kappa shape index (κ1) is 20.3. The van der Waals surface area contributed by atoms with Gasteiger partial charge in [0, 0.05) is 42.8 Å². The van der Waals surface area contributed by atoms with Crippen molar-refractivity contribution in [2.24, 2.45) is 4.99 Å². The van der Waals surface area contributed by atoms with Crippen LogP contribution in [0.2, 0.25) is 0 Å². The number of furan rings is 1. The Morgan fingerprint density at radius 2 is 2.00 bits per heavy atom. The normalized spacial score (nSPS) is 14.9. The van der Waals surface area contributed by atoms with Crippen molar-refractivity contribution in [2.45, 2.75) is 13.5 Å². The molecule has 1 aromatic carbocycles. The highest BCUT2D eigenvalue weighted by molar-refractivity contribution is 9.10. The molecule has 2 aromatic rings. The third kappa shape index (κ3) is 4.86. The first-order valence-electron chi connectivity index (χ1n) is 9.30. The molecule has 0 aliphatic carbocycles. The van der Waals surface area contributed by atoms with Crippen molar-refractivity contribution in [3.05, 3.63) is 52.4 Å². The number of amides is 1. The maximum absolute atomic E-state index is 12.4. The van der Waals surface area contributed by atoms with Gasteiger partial charge in [0.2, 0.25) is 0 Å². The second-order valence-electron chi connectivity index (χ2n) is 6.38. The van der Waals surface area contributed by atoms with E-state index in [1.807, 2.05) is 30.0 Å². The molecule has 1 N–H and O–H groups in total. The van der Waals surface area contributed by atoms with Crippen molar-refractivity contribution in [3.8, 4) is 5.75 Å². The van der Waals surface area contributed by atoms with E-state index in [1.54, 1.807) is 19.2 Å². The van der Waals surface area contributed by atoms with Crippen molar-refractivity contribution in [1.82, 2.24) is 15.1 Å². The van der Waals surface area contributed by atoms with E-state index in [0.717, 1.165) is 28.3 Å². The topological polar surface area (TPSA) is 70.3 Å². The Kier molecular flexibility index (Phi) is 6.97. The third-order valence-electron chi connectivity index (χ3n) is 4.57. The molecule has 1 aromatic heterocycles. The lowest BCUT2D eigenvalue weighted by molar-refractivity contribution is 0.0657. The number of ether oxygens (including phenoxy) is 1. The fraction of sp³-hybridized carbons (Fsp3) is 0.400. The summed E-state index contributed by atoms with van der Waals surface area (Å²) in [5.41, 5.74) is 1.01. The van der Waals surface area contributed by atoms with Crippen LogP contribution in [-0.2, 0) is 6.54 Å². The number of nitrogens with zero attached hydrogens (tertiary/aromatic N) is 3. The first-order chi connectivity index (χ1) is 13.6. The number of hydrogen-bond acceptors (Lipinski definition) is 4. The quantitative estimate of drug-likeness (QED) is 0.562. The average Bonchev–Trinajstić information content (AvgIpc) is 3.26. The Bertz CT molecular complexity index is 815. The summed E-state index contributed by atoms with van der Waals surface area (Å²) in [6, 6.07) is 9.33. The predicted molar refractivity (Wildman–Crippen MR) is 112 cm³/mol. The van der Waals surface area contributed by atoms with Crippen LogP contribution in [0.15, 0.2) is 50.5 Å². The van der Waals surface area contributed by atoms with Crippen LogP contribution in [0.1, 0.15) is 23.0 Å². The Morgan fingerprint density at radius 3 is 2.64 bits per heavy atom. The third-order valence-corrected chi connectivity index (χ3v) is 5.07. The van der Waals surface area contributed by atoms with Crippen molar-refractivity contribution >= 4 is 27.8 Å². The van der Waals surface area contributed by atoms with Gasteiger partial charge in [0.25, 0.3) is 5.91 Å². The SMILES string of the molecule is CCNC(=NCc1cc(Br)ccc1OC)N1CCN(C(=O)c2ccco2)CC1. The molecule has 28 heavy (non-hydrogen) atoms. The van der Waals surface area contributed by atoms with Crippen LogP contribution in [0.3, 0.4) is 0 Å². The van der Waals surface area contributed by atoms with Gasteiger partial charge in [-0.3, -0.25) is 4.79 Å². The summed E-state index contributed by atoms with van der Waals surface area (Å²) in [6.45, 7) is 6.03. The molecule has 8 heteroatoms. The average molecular weight is 449 g/mol. The van der Waals surface area contributed by atoms with E-state index in [1.165, 1.54) is 6.26 Å². The van der Waals surface area contributed by atoms with Crippen LogP contribution in [0.25, 0.3) is 0 Å². The van der Waals surface area contributed by atoms with E-state index >= 15 is 0 Å². The molecule has 1 amide bonds. The highest BCUT2D eigenvalue weighted by Crippen LogP contribution is 2.23. The Morgan fingerprint density at radius 1 is 1.25 bits per heavy atom. The number of piperazine rings is 1. The van der Waals surface area contributed by atoms with Crippen molar-refractivity contribution in [2.75, 3.05) is 39.8 Å². The highest BCUT2D eigenvalue weighted by Gasteiger charge is 2.25. The zero-order valence-corrected chi connectivity index (χ0v) is 17.7. The van der Waals surface area contributed by atoms with Gasteiger partial charge in [0.15, 0.2) is 11.7 Å². The monoisotopic (exact) mass is 448 g/mol. The minimum Gasteiger partial charge on any atom is -0.496 e. The largest absolute Gasteiger partial charge is 0.496 e. The van der Waals surface area contributed by atoms with Gasteiger partial charge in [-0.2, -0.15) is 0 Å². The number of hydrogen-bond donors (Lipinski definition) is 1. The molecular weight excluding hydrogens is 424 g/mol. The van der Waals surface area contributed by atoms with Crippen molar-refractivity contribution in [3.63, 3.8) is 0 Å². The molecule has 0 unspecified atom stereocenters. The standard InChI is InChI=1S/C20H25BrN4O3/c1-3-22-20(23-14-15-13-16(21)6-7-17(15)27-2)25-10-8-24(9-11-25)19(26)18-5-4-12-28-18/h4-7,12-13H,3,8-11,14H2,1-2H3,(H,22,23). The molecule has 0 bridgehead atoms. The Labute approximate surface area is 173 Å². The number of benzene rings is 1. The second kappa shape index (κ2) is 9.64. The van der Waals surface area contributed by atoms with Gasteiger partial charge in [-0.05, 0) is 37.3 Å². The van der Waals surface area contributed by atoms with Crippen LogP contribution >= 0.6 is 15.9 Å². The predicted octanol–water partition coefficient (Wildman–Crippen LogP) is 2.97.